The van der Waals surface area contributed by atoms with Crippen molar-refractivity contribution in [3.05, 3.63) is 41.3 Å². The molecule has 0 saturated carbocycles. The molecule has 0 amide bonds. The summed E-state index contributed by atoms with van der Waals surface area (Å²) in [7, 11) is 2.08. The number of anilines is 1. The van der Waals surface area contributed by atoms with Gasteiger partial charge in [-0.25, -0.2) is 9.97 Å². The average molecular weight is 326 g/mol. The molecule has 0 aliphatic carbocycles. The number of benzene rings is 1. The summed E-state index contributed by atoms with van der Waals surface area (Å²) < 4.78 is 10.9. The molecule has 2 aliphatic rings. The predicted octanol–water partition coefficient (Wildman–Crippen LogP) is 2.22. The zero-order chi connectivity index (χ0) is 16.5. The Morgan fingerprint density at radius 3 is 2.96 bits per heavy atom. The predicted molar refractivity (Wildman–Crippen MR) is 91.4 cm³/mol. The Morgan fingerprint density at radius 2 is 2.08 bits per heavy atom. The Balaban J connectivity index is 1.58. The highest BCUT2D eigenvalue weighted by atomic mass is 16.7. The van der Waals surface area contributed by atoms with E-state index in [0.717, 1.165) is 49.9 Å². The molecule has 0 radical (unpaired) electrons. The first-order chi connectivity index (χ1) is 11.7. The first-order valence-corrected chi connectivity index (χ1v) is 8.39. The third-order valence-corrected chi connectivity index (χ3v) is 4.72. The molecule has 0 saturated heterocycles. The van der Waals surface area contributed by atoms with E-state index < -0.39 is 0 Å². The fourth-order valence-electron chi connectivity index (χ4n) is 3.37. The molecule has 1 aromatic heterocycles. The van der Waals surface area contributed by atoms with Crippen molar-refractivity contribution in [2.45, 2.75) is 26.4 Å². The van der Waals surface area contributed by atoms with E-state index in [0.29, 0.717) is 6.79 Å². The molecule has 4 rings (SSSR count). The lowest BCUT2D eigenvalue weighted by atomic mass is 10.1. The molecule has 0 atom stereocenters. The van der Waals surface area contributed by atoms with Gasteiger partial charge in [0.15, 0.2) is 11.5 Å². The summed E-state index contributed by atoms with van der Waals surface area (Å²) >= 11 is 0. The third kappa shape index (κ3) is 2.78. The van der Waals surface area contributed by atoms with Crippen LogP contribution in [0, 0.1) is 0 Å². The number of fused-ring (bicyclic) bond motifs is 2. The highest BCUT2D eigenvalue weighted by molar-refractivity contribution is 5.51. The monoisotopic (exact) mass is 326 g/mol. The first kappa shape index (κ1) is 15.2. The number of nitrogens with zero attached hydrogens (tertiary/aromatic N) is 4. The lowest BCUT2D eigenvalue weighted by molar-refractivity contribution is 0.174. The minimum atomic E-state index is 0.306. The fourth-order valence-corrected chi connectivity index (χ4v) is 3.37. The van der Waals surface area contributed by atoms with Crippen LogP contribution in [0.1, 0.15) is 23.7 Å². The summed E-state index contributed by atoms with van der Waals surface area (Å²) in [5, 5.41) is 0. The van der Waals surface area contributed by atoms with Crippen LogP contribution in [-0.4, -0.2) is 41.8 Å². The van der Waals surface area contributed by atoms with Crippen molar-refractivity contribution >= 4 is 5.82 Å². The van der Waals surface area contributed by atoms with E-state index >= 15 is 0 Å². The summed E-state index contributed by atoms with van der Waals surface area (Å²) in [4.78, 5) is 13.7. The van der Waals surface area contributed by atoms with Crippen LogP contribution in [0.25, 0.3) is 0 Å². The van der Waals surface area contributed by atoms with Gasteiger partial charge in [0.1, 0.15) is 12.1 Å². The van der Waals surface area contributed by atoms with Crippen LogP contribution in [0.5, 0.6) is 11.5 Å². The second kappa shape index (κ2) is 6.28. The second-order valence-electron chi connectivity index (χ2n) is 6.28. The topological polar surface area (TPSA) is 50.7 Å². The molecule has 1 aromatic carbocycles. The maximum atomic E-state index is 5.47. The SMILES string of the molecule is CCN1CCc2ncnc(N(C)Cc3ccc4c(c3)OCO4)c2C1. The standard InChI is InChI=1S/C18H22N4O2/c1-3-22-7-6-15-14(10-22)18(20-11-19-15)21(2)9-13-4-5-16-17(8-13)24-12-23-16/h4-5,8,11H,3,6-7,9-10,12H2,1-2H3. The molecular weight excluding hydrogens is 304 g/mol. The minimum absolute atomic E-state index is 0.306. The quantitative estimate of drug-likeness (QED) is 0.859. The molecule has 6 heteroatoms. The van der Waals surface area contributed by atoms with Crippen molar-refractivity contribution < 1.29 is 9.47 Å². The normalized spacial score (nSPS) is 16.1. The zero-order valence-corrected chi connectivity index (χ0v) is 14.2. The third-order valence-electron chi connectivity index (χ3n) is 4.72. The van der Waals surface area contributed by atoms with Crippen LogP contribution < -0.4 is 14.4 Å². The van der Waals surface area contributed by atoms with E-state index in [2.05, 4.69) is 39.8 Å². The summed E-state index contributed by atoms with van der Waals surface area (Å²) in [5.41, 5.74) is 3.62. The van der Waals surface area contributed by atoms with Gasteiger partial charge in [0.05, 0.1) is 5.69 Å². The van der Waals surface area contributed by atoms with Crippen LogP contribution in [0.2, 0.25) is 0 Å². The van der Waals surface area contributed by atoms with E-state index in [9.17, 15) is 0 Å². The number of likely N-dealkylation sites (N-methyl/N-ethyl adjacent to an activating group) is 1. The molecule has 0 unspecified atom stereocenters. The molecular formula is C18H22N4O2. The summed E-state index contributed by atoms with van der Waals surface area (Å²) in [6, 6.07) is 6.10. The summed E-state index contributed by atoms with van der Waals surface area (Å²) in [6.07, 6.45) is 2.68. The number of aromatic nitrogens is 2. The van der Waals surface area contributed by atoms with Crippen LogP contribution in [0.15, 0.2) is 24.5 Å². The van der Waals surface area contributed by atoms with E-state index in [-0.39, 0.29) is 0 Å². The molecule has 3 heterocycles. The summed E-state index contributed by atoms with van der Waals surface area (Å²) in [5.74, 6) is 2.66. The number of hydrogen-bond acceptors (Lipinski definition) is 6. The van der Waals surface area contributed by atoms with Crippen molar-refractivity contribution in [3.63, 3.8) is 0 Å². The molecule has 126 valence electrons. The molecule has 0 N–H and O–H groups in total. The van der Waals surface area contributed by atoms with Gasteiger partial charge < -0.3 is 14.4 Å². The summed E-state index contributed by atoms with van der Waals surface area (Å²) in [6.45, 7) is 6.33. The van der Waals surface area contributed by atoms with Gasteiger partial charge in [-0.3, -0.25) is 4.90 Å². The second-order valence-corrected chi connectivity index (χ2v) is 6.28. The van der Waals surface area contributed by atoms with Crippen molar-refractivity contribution in [3.8, 4) is 11.5 Å². The molecule has 2 aliphatic heterocycles. The van der Waals surface area contributed by atoms with Crippen LogP contribution in [0.3, 0.4) is 0 Å². The van der Waals surface area contributed by atoms with E-state index in [1.807, 2.05) is 12.1 Å². The van der Waals surface area contributed by atoms with Crippen molar-refractivity contribution in [1.82, 2.24) is 14.9 Å². The highest BCUT2D eigenvalue weighted by Crippen LogP contribution is 2.33. The average Bonchev–Trinajstić information content (AvgIpc) is 3.08. The Morgan fingerprint density at radius 1 is 1.21 bits per heavy atom. The van der Waals surface area contributed by atoms with Gasteiger partial charge in [-0.05, 0) is 24.2 Å². The van der Waals surface area contributed by atoms with Gasteiger partial charge in [-0.15, -0.1) is 0 Å². The first-order valence-electron chi connectivity index (χ1n) is 8.39. The maximum absolute atomic E-state index is 5.47. The molecule has 6 nitrogen and oxygen atoms in total. The zero-order valence-electron chi connectivity index (χ0n) is 14.2. The Labute approximate surface area is 142 Å². The van der Waals surface area contributed by atoms with Crippen molar-refractivity contribution in [2.75, 3.05) is 31.8 Å². The Bertz CT molecular complexity index is 750. The van der Waals surface area contributed by atoms with Crippen molar-refractivity contribution in [1.29, 1.82) is 0 Å². The van der Waals surface area contributed by atoms with Gasteiger partial charge >= 0.3 is 0 Å². The van der Waals surface area contributed by atoms with Gasteiger partial charge in [-0.2, -0.15) is 0 Å². The lowest BCUT2D eigenvalue weighted by Gasteiger charge is -2.30. The van der Waals surface area contributed by atoms with Crippen LogP contribution in [-0.2, 0) is 19.5 Å². The van der Waals surface area contributed by atoms with Gasteiger partial charge in [0.25, 0.3) is 0 Å². The largest absolute Gasteiger partial charge is 0.454 e. The number of hydrogen-bond donors (Lipinski definition) is 0. The van der Waals surface area contributed by atoms with Crippen molar-refractivity contribution in [2.24, 2.45) is 0 Å². The minimum Gasteiger partial charge on any atom is -0.454 e. The molecule has 24 heavy (non-hydrogen) atoms. The highest BCUT2D eigenvalue weighted by Gasteiger charge is 2.22. The molecule has 0 fully saturated rings. The van der Waals surface area contributed by atoms with Crippen LogP contribution in [0.4, 0.5) is 5.82 Å². The van der Waals surface area contributed by atoms with E-state index in [4.69, 9.17) is 9.47 Å². The molecule has 0 bridgehead atoms. The molecule has 2 aromatic rings. The smallest absolute Gasteiger partial charge is 0.231 e. The molecule has 0 spiro atoms. The number of ether oxygens (including phenoxy) is 2. The Kier molecular flexibility index (Phi) is 3.98. The maximum Gasteiger partial charge on any atom is 0.231 e. The van der Waals surface area contributed by atoms with Gasteiger partial charge in [-0.1, -0.05) is 13.0 Å². The van der Waals surface area contributed by atoms with Crippen LogP contribution >= 0.6 is 0 Å². The van der Waals surface area contributed by atoms with Gasteiger partial charge in [0, 0.05) is 38.7 Å². The number of rotatable bonds is 4. The Hall–Kier alpha value is -2.34. The van der Waals surface area contributed by atoms with E-state index in [1.165, 1.54) is 16.8 Å². The fraction of sp³-hybridized carbons (Fsp3) is 0.444. The lowest BCUT2D eigenvalue weighted by Crippen LogP contribution is -2.33. The van der Waals surface area contributed by atoms with Gasteiger partial charge in [0.2, 0.25) is 6.79 Å². The van der Waals surface area contributed by atoms with E-state index in [1.54, 1.807) is 6.33 Å².